The molecule has 2 aromatic rings. The Morgan fingerprint density at radius 1 is 1.67 bits per heavy atom. The van der Waals surface area contributed by atoms with Crippen LogP contribution in [-0.2, 0) is 9.53 Å². The molecule has 0 aromatic carbocycles. The van der Waals surface area contributed by atoms with E-state index in [1.54, 1.807) is 12.3 Å². The van der Waals surface area contributed by atoms with Gasteiger partial charge in [0.25, 0.3) is 0 Å². The number of hydrogen-bond donors (Lipinski definition) is 1. The van der Waals surface area contributed by atoms with E-state index in [-0.39, 0.29) is 17.8 Å². The number of nitrogens with zero attached hydrogens (tertiary/aromatic N) is 2. The molecule has 2 aromatic heterocycles. The van der Waals surface area contributed by atoms with Crippen molar-refractivity contribution in [3.05, 3.63) is 23.1 Å². The second-order valence-corrected chi connectivity index (χ2v) is 4.78. The van der Waals surface area contributed by atoms with Crippen molar-refractivity contribution < 1.29 is 9.53 Å². The maximum absolute atomic E-state index is 11.6. The van der Waals surface area contributed by atoms with Crippen LogP contribution in [0.3, 0.4) is 0 Å². The first kappa shape index (κ1) is 11.5. The third kappa shape index (κ3) is 1.95. The van der Waals surface area contributed by atoms with Crippen LogP contribution in [-0.4, -0.2) is 27.5 Å². The molecule has 5 nitrogen and oxygen atoms in total. The van der Waals surface area contributed by atoms with E-state index in [1.165, 1.54) is 0 Å². The number of imidazole rings is 1. The molecule has 0 unspecified atom stereocenters. The number of ether oxygens (including phenoxy) is 1. The van der Waals surface area contributed by atoms with Gasteiger partial charge in [-0.25, -0.2) is 9.97 Å². The molecule has 6 heteroatoms. The number of aromatic nitrogens is 3. The van der Waals surface area contributed by atoms with Crippen molar-refractivity contribution in [3.8, 4) is 0 Å². The summed E-state index contributed by atoms with van der Waals surface area (Å²) in [4.78, 5) is 23.3. The summed E-state index contributed by atoms with van der Waals surface area (Å²) >= 11 is 5.85. The van der Waals surface area contributed by atoms with Crippen molar-refractivity contribution in [2.24, 2.45) is 5.92 Å². The summed E-state index contributed by atoms with van der Waals surface area (Å²) < 4.78 is 4.99. The molecule has 0 spiro atoms. The maximum atomic E-state index is 11.6. The average molecular weight is 266 g/mol. The minimum Gasteiger partial charge on any atom is -0.466 e. The van der Waals surface area contributed by atoms with E-state index in [4.69, 9.17) is 16.3 Å². The lowest BCUT2D eigenvalue weighted by atomic mass is 10.3. The first-order chi connectivity index (χ1) is 8.69. The molecular formula is C12H12ClN3O2. The third-order valence-electron chi connectivity index (χ3n) is 3.05. The Morgan fingerprint density at radius 3 is 3.28 bits per heavy atom. The molecule has 2 atom stereocenters. The molecule has 0 aliphatic heterocycles. The van der Waals surface area contributed by atoms with Crippen molar-refractivity contribution in [2.45, 2.75) is 19.3 Å². The van der Waals surface area contributed by atoms with Gasteiger partial charge >= 0.3 is 5.97 Å². The van der Waals surface area contributed by atoms with Crippen LogP contribution in [0.4, 0.5) is 0 Å². The van der Waals surface area contributed by atoms with Crippen LogP contribution in [0.2, 0.25) is 5.02 Å². The Hall–Kier alpha value is -1.62. The van der Waals surface area contributed by atoms with Gasteiger partial charge in [0.2, 0.25) is 0 Å². The van der Waals surface area contributed by atoms with E-state index < -0.39 is 0 Å². The molecule has 2 heterocycles. The quantitative estimate of drug-likeness (QED) is 0.865. The maximum Gasteiger partial charge on any atom is 0.309 e. The number of pyridine rings is 1. The highest BCUT2D eigenvalue weighted by molar-refractivity contribution is 6.31. The molecule has 1 N–H and O–H groups in total. The predicted molar refractivity (Wildman–Crippen MR) is 66.4 cm³/mol. The van der Waals surface area contributed by atoms with Crippen LogP contribution in [0.5, 0.6) is 0 Å². The second-order valence-electron chi connectivity index (χ2n) is 4.34. The van der Waals surface area contributed by atoms with Crippen molar-refractivity contribution in [1.82, 2.24) is 15.0 Å². The van der Waals surface area contributed by atoms with Crippen molar-refractivity contribution in [3.63, 3.8) is 0 Å². The fourth-order valence-corrected chi connectivity index (χ4v) is 2.22. The fraction of sp³-hybridized carbons (Fsp3) is 0.417. The number of H-pyrrole nitrogens is 1. The van der Waals surface area contributed by atoms with Gasteiger partial charge in [-0.2, -0.15) is 0 Å². The zero-order valence-corrected chi connectivity index (χ0v) is 10.6. The Balaban J connectivity index is 1.82. The molecule has 3 rings (SSSR count). The number of fused-ring (bicyclic) bond motifs is 1. The highest BCUT2D eigenvalue weighted by Crippen LogP contribution is 2.47. The van der Waals surface area contributed by atoms with Crippen LogP contribution in [0.15, 0.2) is 12.3 Å². The van der Waals surface area contributed by atoms with Crippen LogP contribution < -0.4 is 0 Å². The molecule has 1 aliphatic carbocycles. The third-order valence-corrected chi connectivity index (χ3v) is 3.26. The summed E-state index contributed by atoms with van der Waals surface area (Å²) in [7, 11) is 0. The predicted octanol–water partition coefficient (Wildman–Crippen LogP) is 2.28. The summed E-state index contributed by atoms with van der Waals surface area (Å²) in [6, 6.07) is 1.76. The molecule has 0 amide bonds. The number of carbonyl (C=O) groups is 1. The topological polar surface area (TPSA) is 67.9 Å². The molecule has 1 aliphatic rings. The number of esters is 1. The SMILES string of the molecule is CCOC(=O)[C@@H]1C[C@H]1c1nc2cc(Cl)cnc2[nH]1. The van der Waals surface area contributed by atoms with E-state index in [0.717, 1.165) is 17.8 Å². The largest absolute Gasteiger partial charge is 0.466 e. The monoisotopic (exact) mass is 265 g/mol. The highest BCUT2D eigenvalue weighted by Gasteiger charge is 2.47. The van der Waals surface area contributed by atoms with E-state index in [0.29, 0.717) is 17.3 Å². The number of aromatic amines is 1. The molecule has 0 radical (unpaired) electrons. The standard InChI is InChI=1S/C12H12ClN3O2/c1-2-18-12(17)8-4-7(8)10-15-9-3-6(13)5-14-11(9)16-10/h3,5,7-8H,2,4H2,1H3,(H,14,15,16)/t7-,8-/m1/s1. The normalized spacial score (nSPS) is 22.1. The molecular weight excluding hydrogens is 254 g/mol. The van der Waals surface area contributed by atoms with Crippen LogP contribution in [0, 0.1) is 5.92 Å². The Bertz CT molecular complexity index is 610. The van der Waals surface area contributed by atoms with Gasteiger partial charge in [0, 0.05) is 12.1 Å². The van der Waals surface area contributed by atoms with E-state index in [1.807, 2.05) is 6.92 Å². The zero-order valence-electron chi connectivity index (χ0n) is 9.81. The average Bonchev–Trinajstić information content (AvgIpc) is 3.03. The van der Waals surface area contributed by atoms with Crippen molar-refractivity contribution in [2.75, 3.05) is 6.61 Å². The van der Waals surface area contributed by atoms with Gasteiger partial charge in [-0.05, 0) is 19.4 Å². The minimum atomic E-state index is -0.144. The number of halogens is 1. The Morgan fingerprint density at radius 2 is 2.50 bits per heavy atom. The van der Waals surface area contributed by atoms with Crippen molar-refractivity contribution >= 4 is 28.7 Å². The first-order valence-corrected chi connectivity index (χ1v) is 6.24. The minimum absolute atomic E-state index is 0.0685. The lowest BCUT2D eigenvalue weighted by Crippen LogP contribution is -2.07. The van der Waals surface area contributed by atoms with Gasteiger partial charge in [-0.3, -0.25) is 4.79 Å². The molecule has 1 fully saturated rings. The summed E-state index contributed by atoms with van der Waals surface area (Å²) in [5, 5.41) is 0.554. The Kier molecular flexibility index (Phi) is 2.70. The number of nitrogens with one attached hydrogen (secondary N) is 1. The van der Waals surface area contributed by atoms with Crippen LogP contribution >= 0.6 is 11.6 Å². The second kappa shape index (κ2) is 4.24. The lowest BCUT2D eigenvalue weighted by Gasteiger charge is -1.98. The Labute approximate surface area is 109 Å². The molecule has 1 saturated carbocycles. The fourth-order valence-electron chi connectivity index (χ4n) is 2.07. The summed E-state index contributed by atoms with van der Waals surface area (Å²) in [5.41, 5.74) is 1.43. The number of carbonyl (C=O) groups excluding carboxylic acids is 1. The summed E-state index contributed by atoms with van der Waals surface area (Å²) in [6.07, 6.45) is 2.36. The van der Waals surface area contributed by atoms with Gasteiger partial charge in [-0.1, -0.05) is 11.6 Å². The highest BCUT2D eigenvalue weighted by atomic mass is 35.5. The van der Waals surface area contributed by atoms with Gasteiger partial charge in [-0.15, -0.1) is 0 Å². The van der Waals surface area contributed by atoms with Gasteiger partial charge in [0.15, 0.2) is 5.65 Å². The summed E-state index contributed by atoms with van der Waals surface area (Å²) in [5.74, 6) is 0.699. The van der Waals surface area contributed by atoms with Gasteiger partial charge in [0.05, 0.1) is 17.5 Å². The van der Waals surface area contributed by atoms with E-state index in [9.17, 15) is 4.79 Å². The number of rotatable bonds is 3. The summed E-state index contributed by atoms with van der Waals surface area (Å²) in [6.45, 7) is 2.22. The van der Waals surface area contributed by atoms with Crippen molar-refractivity contribution in [1.29, 1.82) is 0 Å². The van der Waals surface area contributed by atoms with Crippen LogP contribution in [0.1, 0.15) is 25.1 Å². The lowest BCUT2D eigenvalue weighted by molar-refractivity contribution is -0.144. The molecule has 18 heavy (non-hydrogen) atoms. The number of hydrogen-bond acceptors (Lipinski definition) is 4. The molecule has 0 saturated heterocycles. The molecule has 0 bridgehead atoms. The van der Waals surface area contributed by atoms with E-state index >= 15 is 0 Å². The smallest absolute Gasteiger partial charge is 0.309 e. The molecule has 94 valence electrons. The zero-order chi connectivity index (χ0) is 12.7. The van der Waals surface area contributed by atoms with E-state index in [2.05, 4.69) is 15.0 Å². The van der Waals surface area contributed by atoms with Gasteiger partial charge < -0.3 is 9.72 Å². The van der Waals surface area contributed by atoms with Gasteiger partial charge in [0.1, 0.15) is 11.3 Å². The first-order valence-electron chi connectivity index (χ1n) is 5.87. The van der Waals surface area contributed by atoms with Crippen LogP contribution in [0.25, 0.3) is 11.2 Å².